The summed E-state index contributed by atoms with van der Waals surface area (Å²) < 4.78 is 5.47. The number of nitrogens with zero attached hydrogens (tertiary/aromatic N) is 1. The number of carbonyl (C=O) groups is 2. The number of benzene rings is 2. The van der Waals surface area contributed by atoms with Crippen molar-refractivity contribution in [3.8, 4) is 5.75 Å². The summed E-state index contributed by atoms with van der Waals surface area (Å²) in [7, 11) is 1.59. The van der Waals surface area contributed by atoms with Crippen LogP contribution in [0.5, 0.6) is 5.75 Å². The van der Waals surface area contributed by atoms with Crippen molar-refractivity contribution in [2.45, 2.75) is 26.2 Å². The van der Waals surface area contributed by atoms with E-state index in [0.29, 0.717) is 22.6 Å². The highest BCUT2D eigenvalue weighted by Gasteiger charge is 2.36. The monoisotopic (exact) mass is 309 g/mol. The predicted molar refractivity (Wildman–Crippen MR) is 89.3 cm³/mol. The summed E-state index contributed by atoms with van der Waals surface area (Å²) in [5.74, 6) is 0.0823. The minimum Gasteiger partial charge on any atom is -0.496 e. The Labute approximate surface area is 135 Å². The van der Waals surface area contributed by atoms with E-state index >= 15 is 0 Å². The van der Waals surface area contributed by atoms with Crippen LogP contribution < -0.4 is 9.64 Å². The molecule has 0 aromatic heterocycles. The third-order valence-corrected chi connectivity index (χ3v) is 4.05. The first-order valence-electron chi connectivity index (χ1n) is 7.51. The number of rotatable bonds is 2. The van der Waals surface area contributed by atoms with E-state index in [1.54, 1.807) is 43.5 Å². The molecule has 118 valence electrons. The maximum atomic E-state index is 12.6. The highest BCUT2D eigenvalue weighted by molar-refractivity contribution is 6.34. The van der Waals surface area contributed by atoms with Crippen molar-refractivity contribution >= 4 is 17.5 Å². The number of amides is 2. The van der Waals surface area contributed by atoms with Crippen LogP contribution in [0.2, 0.25) is 0 Å². The van der Waals surface area contributed by atoms with Gasteiger partial charge in [-0.05, 0) is 29.2 Å². The number of hydrogen-bond donors (Lipinski definition) is 0. The first-order chi connectivity index (χ1) is 10.8. The largest absolute Gasteiger partial charge is 0.496 e. The second-order valence-electron chi connectivity index (χ2n) is 6.63. The van der Waals surface area contributed by atoms with E-state index in [4.69, 9.17) is 4.74 Å². The zero-order valence-corrected chi connectivity index (χ0v) is 13.7. The lowest BCUT2D eigenvalue weighted by Crippen LogP contribution is -2.29. The Morgan fingerprint density at radius 1 is 0.913 bits per heavy atom. The summed E-state index contributed by atoms with van der Waals surface area (Å²) in [6, 6.07) is 12.3. The number of hydrogen-bond acceptors (Lipinski definition) is 3. The smallest absolute Gasteiger partial charge is 0.266 e. The molecule has 1 aliphatic heterocycles. The molecule has 1 aliphatic rings. The highest BCUT2D eigenvalue weighted by atomic mass is 16.5. The molecule has 0 atom stereocenters. The second kappa shape index (κ2) is 5.23. The molecule has 0 unspecified atom stereocenters. The predicted octanol–water partition coefficient (Wildman–Crippen LogP) is 3.79. The molecule has 0 bridgehead atoms. The minimum absolute atomic E-state index is 0.0914. The Hall–Kier alpha value is -2.62. The van der Waals surface area contributed by atoms with E-state index in [1.807, 2.05) is 6.07 Å². The molecule has 0 spiro atoms. The molecule has 0 saturated heterocycles. The van der Waals surface area contributed by atoms with Gasteiger partial charge in [0.05, 0.1) is 23.9 Å². The van der Waals surface area contributed by atoms with Gasteiger partial charge in [-0.15, -0.1) is 0 Å². The SMILES string of the molecule is COc1cc(N2C(=O)c3ccccc3C2=O)ccc1C(C)(C)C. The molecular weight excluding hydrogens is 290 g/mol. The number of anilines is 1. The van der Waals surface area contributed by atoms with Crippen molar-refractivity contribution in [2.24, 2.45) is 0 Å². The van der Waals surface area contributed by atoms with Gasteiger partial charge in [0.25, 0.3) is 11.8 Å². The molecule has 0 radical (unpaired) electrons. The maximum absolute atomic E-state index is 12.6. The van der Waals surface area contributed by atoms with Gasteiger partial charge in [-0.1, -0.05) is 39.0 Å². The molecule has 23 heavy (non-hydrogen) atoms. The zero-order chi connectivity index (χ0) is 16.8. The van der Waals surface area contributed by atoms with Gasteiger partial charge in [-0.2, -0.15) is 0 Å². The van der Waals surface area contributed by atoms with Crippen molar-refractivity contribution in [1.82, 2.24) is 0 Å². The molecule has 2 aromatic rings. The van der Waals surface area contributed by atoms with Gasteiger partial charge in [0.2, 0.25) is 0 Å². The summed E-state index contributed by atoms with van der Waals surface area (Å²) >= 11 is 0. The standard InChI is InChI=1S/C19H19NO3/c1-19(2,3)15-10-9-12(11-16(15)23-4)20-17(21)13-7-5-6-8-14(13)18(20)22/h5-11H,1-4H3. The molecule has 4 heteroatoms. The Morgan fingerprint density at radius 3 is 1.96 bits per heavy atom. The Balaban J connectivity index is 2.07. The molecule has 1 heterocycles. The lowest BCUT2D eigenvalue weighted by atomic mass is 9.86. The van der Waals surface area contributed by atoms with Gasteiger partial charge in [0.15, 0.2) is 0 Å². The lowest BCUT2D eigenvalue weighted by molar-refractivity contribution is 0.0926. The quantitative estimate of drug-likeness (QED) is 0.793. The number of carbonyl (C=O) groups excluding carboxylic acids is 2. The van der Waals surface area contributed by atoms with Crippen molar-refractivity contribution in [3.05, 3.63) is 59.2 Å². The molecule has 0 N–H and O–H groups in total. The van der Waals surface area contributed by atoms with Crippen molar-refractivity contribution < 1.29 is 14.3 Å². The summed E-state index contributed by atoms with van der Waals surface area (Å²) in [4.78, 5) is 26.3. The summed E-state index contributed by atoms with van der Waals surface area (Å²) in [5, 5.41) is 0. The Morgan fingerprint density at radius 2 is 1.48 bits per heavy atom. The summed E-state index contributed by atoms with van der Waals surface area (Å²) in [5.41, 5.74) is 2.35. The van der Waals surface area contributed by atoms with Gasteiger partial charge >= 0.3 is 0 Å². The van der Waals surface area contributed by atoms with Crippen LogP contribution >= 0.6 is 0 Å². The summed E-state index contributed by atoms with van der Waals surface area (Å²) in [6.45, 7) is 6.27. The minimum atomic E-state index is -0.295. The fraction of sp³-hybridized carbons (Fsp3) is 0.263. The van der Waals surface area contributed by atoms with E-state index in [2.05, 4.69) is 20.8 Å². The first-order valence-corrected chi connectivity index (χ1v) is 7.51. The van der Waals surface area contributed by atoms with Crippen LogP contribution in [0.25, 0.3) is 0 Å². The molecule has 3 rings (SSSR count). The first kappa shape index (κ1) is 15.3. The van der Waals surface area contributed by atoms with Gasteiger partial charge in [0, 0.05) is 6.07 Å². The number of fused-ring (bicyclic) bond motifs is 1. The Kier molecular flexibility index (Phi) is 3.48. The van der Waals surface area contributed by atoms with Crippen molar-refractivity contribution in [3.63, 3.8) is 0 Å². The van der Waals surface area contributed by atoms with Crippen LogP contribution in [-0.4, -0.2) is 18.9 Å². The fourth-order valence-electron chi connectivity index (χ4n) is 2.86. The molecule has 0 fully saturated rings. The third-order valence-electron chi connectivity index (χ3n) is 4.05. The molecule has 0 aliphatic carbocycles. The normalized spacial score (nSPS) is 14.2. The fourth-order valence-corrected chi connectivity index (χ4v) is 2.86. The molecular formula is C19H19NO3. The zero-order valence-electron chi connectivity index (χ0n) is 13.7. The maximum Gasteiger partial charge on any atom is 0.266 e. The average Bonchev–Trinajstić information content (AvgIpc) is 2.78. The van der Waals surface area contributed by atoms with Crippen LogP contribution in [0.4, 0.5) is 5.69 Å². The van der Waals surface area contributed by atoms with E-state index in [-0.39, 0.29) is 17.2 Å². The second-order valence-corrected chi connectivity index (χ2v) is 6.63. The number of ether oxygens (including phenoxy) is 1. The van der Waals surface area contributed by atoms with Crippen LogP contribution in [0.1, 0.15) is 47.1 Å². The van der Waals surface area contributed by atoms with E-state index < -0.39 is 0 Å². The number of methoxy groups -OCH3 is 1. The van der Waals surface area contributed by atoms with E-state index in [9.17, 15) is 9.59 Å². The highest BCUT2D eigenvalue weighted by Crippen LogP contribution is 2.36. The van der Waals surface area contributed by atoms with Crippen molar-refractivity contribution in [2.75, 3.05) is 12.0 Å². The molecule has 2 amide bonds. The topological polar surface area (TPSA) is 46.6 Å². The van der Waals surface area contributed by atoms with Crippen LogP contribution in [-0.2, 0) is 5.41 Å². The van der Waals surface area contributed by atoms with E-state index in [0.717, 1.165) is 5.56 Å². The third kappa shape index (κ3) is 2.40. The molecule has 0 saturated carbocycles. The van der Waals surface area contributed by atoms with E-state index in [1.165, 1.54) is 4.90 Å². The average molecular weight is 309 g/mol. The summed E-state index contributed by atoms with van der Waals surface area (Å²) in [6.07, 6.45) is 0. The van der Waals surface area contributed by atoms with Gasteiger partial charge in [-0.25, -0.2) is 4.90 Å². The van der Waals surface area contributed by atoms with Crippen LogP contribution in [0, 0.1) is 0 Å². The molecule has 2 aromatic carbocycles. The van der Waals surface area contributed by atoms with Gasteiger partial charge in [-0.3, -0.25) is 9.59 Å². The van der Waals surface area contributed by atoms with Gasteiger partial charge < -0.3 is 4.74 Å². The Bertz CT molecular complexity index is 768. The van der Waals surface area contributed by atoms with Crippen LogP contribution in [0.3, 0.4) is 0 Å². The van der Waals surface area contributed by atoms with Crippen molar-refractivity contribution in [1.29, 1.82) is 0 Å². The molecule has 4 nitrogen and oxygen atoms in total. The lowest BCUT2D eigenvalue weighted by Gasteiger charge is -2.24. The van der Waals surface area contributed by atoms with Crippen LogP contribution in [0.15, 0.2) is 42.5 Å². The number of imide groups is 1. The van der Waals surface area contributed by atoms with Gasteiger partial charge in [0.1, 0.15) is 5.75 Å².